The fourth-order valence-corrected chi connectivity index (χ4v) is 4.53. The highest BCUT2D eigenvalue weighted by Gasteiger charge is 2.42. The van der Waals surface area contributed by atoms with Crippen LogP contribution >= 0.6 is 0 Å². The maximum absolute atomic E-state index is 13.9. The summed E-state index contributed by atoms with van der Waals surface area (Å²) in [5.74, 6) is -6.78. The quantitative estimate of drug-likeness (QED) is 0.620. The van der Waals surface area contributed by atoms with Gasteiger partial charge in [-0.25, -0.2) is 13.2 Å². The van der Waals surface area contributed by atoms with Crippen molar-refractivity contribution in [3.05, 3.63) is 62.3 Å². The van der Waals surface area contributed by atoms with E-state index in [4.69, 9.17) is 4.74 Å². The summed E-state index contributed by atoms with van der Waals surface area (Å²) in [5.41, 5.74) is -2.22. The van der Waals surface area contributed by atoms with E-state index in [2.05, 4.69) is 5.32 Å². The van der Waals surface area contributed by atoms with Gasteiger partial charge in [0.2, 0.25) is 5.43 Å². The molecule has 11 heteroatoms. The van der Waals surface area contributed by atoms with E-state index < -0.39 is 52.6 Å². The van der Waals surface area contributed by atoms with E-state index in [-0.39, 0.29) is 29.4 Å². The van der Waals surface area contributed by atoms with Crippen LogP contribution in [0.15, 0.2) is 16.9 Å². The predicted molar refractivity (Wildman–Crippen MR) is 114 cm³/mol. The number of pyridine rings is 1. The number of hydrogen-bond donors (Lipinski definition) is 2. The van der Waals surface area contributed by atoms with Gasteiger partial charge in [0.25, 0.3) is 11.8 Å². The zero-order chi connectivity index (χ0) is 24.9. The molecule has 0 saturated carbocycles. The molecule has 0 unspecified atom stereocenters. The number of rotatable bonds is 6. The average molecular weight is 479 g/mol. The van der Waals surface area contributed by atoms with Gasteiger partial charge in [-0.3, -0.25) is 14.4 Å². The van der Waals surface area contributed by atoms with E-state index in [1.807, 2.05) is 13.8 Å². The van der Waals surface area contributed by atoms with Gasteiger partial charge in [-0.05, 0) is 32.8 Å². The molecule has 3 heterocycles. The predicted octanol–water partition coefficient (Wildman–Crippen LogP) is 2.27. The van der Waals surface area contributed by atoms with Gasteiger partial charge in [0.15, 0.2) is 28.9 Å². The number of nitrogens with one attached hydrogen (secondary N) is 1. The number of nitrogens with zero attached hydrogens (tertiary/aromatic N) is 2. The molecule has 8 nitrogen and oxygen atoms in total. The van der Waals surface area contributed by atoms with Crippen molar-refractivity contribution >= 4 is 11.8 Å². The van der Waals surface area contributed by atoms with E-state index >= 15 is 0 Å². The van der Waals surface area contributed by atoms with Crippen LogP contribution in [-0.2, 0) is 17.7 Å². The van der Waals surface area contributed by atoms with Gasteiger partial charge in [0.1, 0.15) is 5.56 Å². The van der Waals surface area contributed by atoms with Crippen molar-refractivity contribution in [1.29, 1.82) is 0 Å². The summed E-state index contributed by atoms with van der Waals surface area (Å²) in [6.45, 7) is 3.67. The summed E-state index contributed by atoms with van der Waals surface area (Å²) in [7, 11) is 1.52. The van der Waals surface area contributed by atoms with Crippen LogP contribution in [0.3, 0.4) is 0 Å². The molecule has 0 saturated heterocycles. The second-order valence-electron chi connectivity index (χ2n) is 9.08. The molecule has 1 aromatic carbocycles. The summed E-state index contributed by atoms with van der Waals surface area (Å²) in [5, 5.41) is 13.0. The topological polar surface area (TPSA) is 101 Å². The summed E-state index contributed by atoms with van der Waals surface area (Å²) in [6, 6.07) is 1.46. The summed E-state index contributed by atoms with van der Waals surface area (Å²) >= 11 is 0. The highest BCUT2D eigenvalue weighted by atomic mass is 19.2. The number of methoxy groups -OCH3 is 1. The lowest BCUT2D eigenvalue weighted by atomic mass is 10.0. The first-order chi connectivity index (χ1) is 16.0. The lowest BCUT2D eigenvalue weighted by Gasteiger charge is -2.38. The van der Waals surface area contributed by atoms with Crippen LogP contribution in [0.25, 0.3) is 0 Å². The van der Waals surface area contributed by atoms with Crippen LogP contribution in [-0.4, -0.2) is 52.2 Å². The fraction of sp³-hybridized carbons (Fsp3) is 0.435. The van der Waals surface area contributed by atoms with Gasteiger partial charge in [0, 0.05) is 38.0 Å². The highest BCUT2D eigenvalue weighted by molar-refractivity contribution is 6.00. The molecule has 1 atom stereocenters. The number of hydrogen-bond acceptors (Lipinski definition) is 5. The molecule has 2 aromatic rings. The zero-order valence-corrected chi connectivity index (χ0v) is 18.9. The Kier molecular flexibility index (Phi) is 5.92. The monoisotopic (exact) mass is 479 g/mol. The van der Waals surface area contributed by atoms with Gasteiger partial charge in [-0.2, -0.15) is 0 Å². The molecule has 0 bridgehead atoms. The number of aromatic nitrogens is 1. The van der Waals surface area contributed by atoms with E-state index in [9.17, 15) is 32.7 Å². The lowest BCUT2D eigenvalue weighted by molar-refractivity contribution is -0.0100. The third-order valence-electron chi connectivity index (χ3n) is 6.39. The third-order valence-corrected chi connectivity index (χ3v) is 6.39. The first kappa shape index (κ1) is 23.8. The minimum atomic E-state index is -1.67. The maximum atomic E-state index is 13.9. The molecule has 1 aromatic heterocycles. The van der Waals surface area contributed by atoms with Crippen molar-refractivity contribution in [2.75, 3.05) is 20.2 Å². The van der Waals surface area contributed by atoms with Crippen LogP contribution in [0, 0.1) is 17.5 Å². The molecule has 34 heavy (non-hydrogen) atoms. The third kappa shape index (κ3) is 3.83. The Bertz CT molecular complexity index is 1260. The molecule has 0 radical (unpaired) electrons. The van der Waals surface area contributed by atoms with E-state index in [1.54, 1.807) is 0 Å². The fourth-order valence-electron chi connectivity index (χ4n) is 4.53. The molecule has 0 aliphatic carbocycles. The summed E-state index contributed by atoms with van der Waals surface area (Å²) < 4.78 is 47.5. The number of carbonyl (C=O) groups is 2. The van der Waals surface area contributed by atoms with Gasteiger partial charge < -0.3 is 24.6 Å². The Hall–Kier alpha value is -3.34. The molecule has 2 N–H and O–H groups in total. The molecule has 182 valence electrons. The second kappa shape index (κ2) is 8.46. The number of benzene rings is 1. The summed E-state index contributed by atoms with van der Waals surface area (Å²) in [4.78, 5) is 40.5. The van der Waals surface area contributed by atoms with Gasteiger partial charge in [0.05, 0.1) is 11.6 Å². The van der Waals surface area contributed by atoms with Crippen molar-refractivity contribution in [3.8, 4) is 5.75 Å². The molecule has 2 aliphatic heterocycles. The van der Waals surface area contributed by atoms with Crippen molar-refractivity contribution < 1.29 is 32.6 Å². The van der Waals surface area contributed by atoms with Gasteiger partial charge in [-0.15, -0.1) is 0 Å². The molecular formula is C23H24F3N3O5. The van der Waals surface area contributed by atoms with E-state index in [0.29, 0.717) is 25.1 Å². The Morgan fingerprint density at radius 3 is 2.62 bits per heavy atom. The highest BCUT2D eigenvalue weighted by Crippen LogP contribution is 2.37. The van der Waals surface area contributed by atoms with Gasteiger partial charge >= 0.3 is 0 Å². The van der Waals surface area contributed by atoms with Crippen molar-refractivity contribution in [3.63, 3.8) is 0 Å². The van der Waals surface area contributed by atoms with Crippen molar-refractivity contribution in [1.82, 2.24) is 14.8 Å². The largest absolute Gasteiger partial charge is 0.503 e. The van der Waals surface area contributed by atoms with Crippen LogP contribution < -0.4 is 10.7 Å². The molecular weight excluding hydrogens is 455 g/mol. The smallest absolute Gasteiger partial charge is 0.274 e. The molecule has 2 amide bonds. The first-order valence-corrected chi connectivity index (χ1v) is 10.7. The second-order valence-corrected chi connectivity index (χ2v) is 9.08. The Morgan fingerprint density at radius 2 is 1.94 bits per heavy atom. The number of halogens is 3. The molecule has 2 aliphatic rings. The van der Waals surface area contributed by atoms with Gasteiger partial charge in [-0.1, -0.05) is 6.07 Å². The zero-order valence-electron chi connectivity index (χ0n) is 18.9. The Balaban J connectivity index is 1.67. The minimum absolute atomic E-state index is 0.177. The molecule has 0 fully saturated rings. The van der Waals surface area contributed by atoms with Crippen molar-refractivity contribution in [2.45, 2.75) is 44.9 Å². The van der Waals surface area contributed by atoms with E-state index in [0.717, 1.165) is 12.1 Å². The minimum Gasteiger partial charge on any atom is -0.503 e. The van der Waals surface area contributed by atoms with Crippen molar-refractivity contribution in [2.24, 2.45) is 0 Å². The number of carbonyl (C=O) groups excluding carboxylic acids is 2. The van der Waals surface area contributed by atoms with E-state index in [1.165, 1.54) is 16.6 Å². The van der Waals surface area contributed by atoms with Crippen LogP contribution in [0.2, 0.25) is 0 Å². The number of amides is 2. The lowest BCUT2D eigenvalue weighted by Crippen LogP contribution is -2.50. The first-order valence-electron chi connectivity index (χ1n) is 10.7. The average Bonchev–Trinajstić information content (AvgIpc) is 3.20. The van der Waals surface area contributed by atoms with Crippen LogP contribution in [0.1, 0.15) is 58.4 Å². The number of ether oxygens (including phenoxy) is 1. The molecule has 0 spiro atoms. The number of aromatic hydroxyl groups is 1. The normalized spacial score (nSPS) is 17.2. The molecule has 4 rings (SSSR count). The standard InChI is InChI=1S/C23H24F3N3O5/c1-23(2,34-3)10-28-9-12-5-7-14-15(19(30)20(31)18(22(28)33)29(12)14)21(32)27-8-11-4-6-13(24)17(26)16(11)25/h4,6,12,31H,5,7-10H2,1-3H3,(H,27,32)/t12-/m0/s1. The van der Waals surface area contributed by atoms with Crippen LogP contribution in [0.5, 0.6) is 5.75 Å². The Labute approximate surface area is 192 Å². The Morgan fingerprint density at radius 1 is 1.24 bits per heavy atom. The van der Waals surface area contributed by atoms with Crippen LogP contribution in [0.4, 0.5) is 13.2 Å². The maximum Gasteiger partial charge on any atom is 0.274 e. The summed E-state index contributed by atoms with van der Waals surface area (Å²) in [6.07, 6.45) is 0.843. The SMILES string of the molecule is COC(C)(C)CN1C[C@@H]2CCc3c(C(=O)NCc4ccc(F)c(F)c4F)c(=O)c(O)c(n32)C1=O.